The number of amides is 3. The molecule has 6 heteroatoms. The van der Waals surface area contributed by atoms with E-state index in [1.807, 2.05) is 42.2 Å². The van der Waals surface area contributed by atoms with Gasteiger partial charge in [-0.25, -0.2) is 4.79 Å². The highest BCUT2D eigenvalue weighted by molar-refractivity contribution is 5.96. The van der Waals surface area contributed by atoms with Gasteiger partial charge in [-0.15, -0.1) is 0 Å². The fourth-order valence-corrected chi connectivity index (χ4v) is 4.46. The predicted octanol–water partition coefficient (Wildman–Crippen LogP) is 3.81. The Kier molecular flexibility index (Phi) is 6.75. The minimum atomic E-state index is -0.100. The van der Waals surface area contributed by atoms with Gasteiger partial charge < -0.3 is 14.5 Å². The van der Waals surface area contributed by atoms with Crippen LogP contribution in [0.5, 0.6) is 5.75 Å². The molecule has 0 atom stereocenters. The van der Waals surface area contributed by atoms with E-state index in [0.717, 1.165) is 43.8 Å². The molecule has 164 valence electrons. The van der Waals surface area contributed by atoms with Crippen LogP contribution < -0.4 is 9.64 Å². The smallest absolute Gasteiger partial charge is 0.325 e. The predicted molar refractivity (Wildman–Crippen MR) is 121 cm³/mol. The maximum atomic E-state index is 12.8. The third kappa shape index (κ3) is 5.19. The molecule has 4 rings (SSSR count). The van der Waals surface area contributed by atoms with Crippen molar-refractivity contribution in [1.29, 1.82) is 0 Å². The Labute approximate surface area is 184 Å². The molecule has 2 fully saturated rings. The quantitative estimate of drug-likeness (QED) is 0.683. The number of nitrogens with zero attached hydrogens (tertiary/aromatic N) is 3. The Morgan fingerprint density at radius 3 is 2.35 bits per heavy atom. The Morgan fingerprint density at radius 2 is 1.68 bits per heavy atom. The third-order valence-electron chi connectivity index (χ3n) is 6.21. The summed E-state index contributed by atoms with van der Waals surface area (Å²) in [5, 5.41) is 0. The van der Waals surface area contributed by atoms with Gasteiger partial charge in [0, 0.05) is 31.9 Å². The van der Waals surface area contributed by atoms with Gasteiger partial charge in [-0.05, 0) is 61.9 Å². The maximum Gasteiger partial charge on any atom is 0.325 e. The van der Waals surface area contributed by atoms with Gasteiger partial charge in [-0.2, -0.15) is 0 Å². The highest BCUT2D eigenvalue weighted by Gasteiger charge is 2.32. The van der Waals surface area contributed by atoms with Gasteiger partial charge >= 0.3 is 6.03 Å². The lowest BCUT2D eigenvalue weighted by Gasteiger charge is -2.33. The zero-order chi connectivity index (χ0) is 21.6. The first-order valence-corrected chi connectivity index (χ1v) is 11.2. The summed E-state index contributed by atoms with van der Waals surface area (Å²) in [5.41, 5.74) is 2.20. The molecule has 0 unspecified atom stereocenters. The zero-order valence-corrected chi connectivity index (χ0v) is 18.2. The molecule has 6 nitrogen and oxygen atoms in total. The van der Waals surface area contributed by atoms with Crippen molar-refractivity contribution in [2.45, 2.75) is 26.2 Å². The molecule has 2 aromatic rings. The molecule has 2 aliphatic rings. The van der Waals surface area contributed by atoms with Gasteiger partial charge in [0.2, 0.25) is 5.91 Å². The molecule has 31 heavy (non-hydrogen) atoms. The average molecular weight is 422 g/mol. The Balaban J connectivity index is 1.26. The number of piperidine rings is 1. The monoisotopic (exact) mass is 421 g/mol. The summed E-state index contributed by atoms with van der Waals surface area (Å²) in [7, 11) is 0. The fraction of sp³-hybridized carbons (Fsp3) is 0.440. The first kappa shape index (κ1) is 21.2. The van der Waals surface area contributed by atoms with Gasteiger partial charge in [0.15, 0.2) is 0 Å². The van der Waals surface area contributed by atoms with Gasteiger partial charge in [-0.3, -0.25) is 9.69 Å². The van der Waals surface area contributed by atoms with Crippen LogP contribution in [-0.4, -0.2) is 61.1 Å². The molecule has 2 aliphatic heterocycles. The lowest BCUT2D eigenvalue weighted by molar-refractivity contribution is -0.133. The largest absolute Gasteiger partial charge is 0.494 e. The minimum absolute atomic E-state index is 0.0556. The van der Waals surface area contributed by atoms with Crippen molar-refractivity contribution in [3.8, 4) is 5.75 Å². The van der Waals surface area contributed by atoms with Gasteiger partial charge in [0.25, 0.3) is 0 Å². The topological polar surface area (TPSA) is 53.1 Å². The van der Waals surface area contributed by atoms with Gasteiger partial charge in [0.1, 0.15) is 12.3 Å². The second-order valence-corrected chi connectivity index (χ2v) is 8.30. The molecular formula is C25H31N3O3. The van der Waals surface area contributed by atoms with Crippen molar-refractivity contribution < 1.29 is 14.3 Å². The summed E-state index contributed by atoms with van der Waals surface area (Å²) in [6.07, 6.45) is 3.12. The summed E-state index contributed by atoms with van der Waals surface area (Å²) < 4.78 is 5.47. The molecule has 0 aromatic heterocycles. The van der Waals surface area contributed by atoms with Crippen molar-refractivity contribution in [3.05, 3.63) is 60.2 Å². The highest BCUT2D eigenvalue weighted by Crippen LogP contribution is 2.25. The van der Waals surface area contributed by atoms with Crippen LogP contribution in [-0.2, 0) is 11.2 Å². The normalized spacial score (nSPS) is 17.3. The maximum absolute atomic E-state index is 12.8. The number of anilines is 1. The molecule has 0 N–H and O–H groups in total. The number of hydrogen-bond acceptors (Lipinski definition) is 3. The van der Waals surface area contributed by atoms with Crippen molar-refractivity contribution >= 4 is 17.6 Å². The summed E-state index contributed by atoms with van der Waals surface area (Å²) in [6, 6.07) is 18.0. The van der Waals surface area contributed by atoms with Crippen LogP contribution in [0.1, 0.15) is 25.3 Å². The van der Waals surface area contributed by atoms with E-state index in [4.69, 9.17) is 4.74 Å². The van der Waals surface area contributed by atoms with Crippen molar-refractivity contribution in [3.63, 3.8) is 0 Å². The van der Waals surface area contributed by atoms with E-state index in [-0.39, 0.29) is 18.5 Å². The SMILES string of the molecule is CCOc1ccc(N2CCN(CC(=O)N3CCC(Cc4ccccc4)CC3)C2=O)cc1. The molecule has 2 aromatic carbocycles. The molecule has 3 amide bonds. The van der Waals surface area contributed by atoms with E-state index in [9.17, 15) is 9.59 Å². The van der Waals surface area contributed by atoms with E-state index < -0.39 is 0 Å². The zero-order valence-electron chi connectivity index (χ0n) is 18.2. The molecule has 2 saturated heterocycles. The number of carbonyl (C=O) groups excluding carboxylic acids is 2. The lowest BCUT2D eigenvalue weighted by Crippen LogP contribution is -2.45. The van der Waals surface area contributed by atoms with Gasteiger partial charge in [0.05, 0.1) is 6.61 Å². The van der Waals surface area contributed by atoms with E-state index in [2.05, 4.69) is 24.3 Å². The van der Waals surface area contributed by atoms with Crippen molar-refractivity contribution in [2.24, 2.45) is 5.92 Å². The highest BCUT2D eigenvalue weighted by atomic mass is 16.5. The Bertz CT molecular complexity index is 877. The van der Waals surface area contributed by atoms with Crippen LogP contribution in [0.25, 0.3) is 0 Å². The Hall–Kier alpha value is -3.02. The van der Waals surface area contributed by atoms with E-state index in [1.165, 1.54) is 5.56 Å². The van der Waals surface area contributed by atoms with Crippen LogP contribution in [0.3, 0.4) is 0 Å². The number of urea groups is 1. The van der Waals surface area contributed by atoms with E-state index in [0.29, 0.717) is 25.6 Å². The first-order valence-electron chi connectivity index (χ1n) is 11.2. The Morgan fingerprint density at radius 1 is 0.968 bits per heavy atom. The number of hydrogen-bond donors (Lipinski definition) is 0. The molecule has 0 saturated carbocycles. The fourth-order valence-electron chi connectivity index (χ4n) is 4.46. The van der Waals surface area contributed by atoms with Crippen LogP contribution in [0, 0.1) is 5.92 Å². The second-order valence-electron chi connectivity index (χ2n) is 8.30. The number of rotatable bonds is 7. The lowest BCUT2D eigenvalue weighted by atomic mass is 9.90. The van der Waals surface area contributed by atoms with E-state index >= 15 is 0 Å². The van der Waals surface area contributed by atoms with Crippen molar-refractivity contribution in [1.82, 2.24) is 9.80 Å². The number of ether oxygens (including phenoxy) is 1. The molecule has 0 aliphatic carbocycles. The molecule has 0 bridgehead atoms. The molecule has 0 spiro atoms. The number of benzene rings is 2. The summed E-state index contributed by atoms with van der Waals surface area (Å²) >= 11 is 0. The van der Waals surface area contributed by atoms with Crippen LogP contribution in [0.2, 0.25) is 0 Å². The van der Waals surface area contributed by atoms with E-state index in [1.54, 1.807) is 9.80 Å². The molecule has 0 radical (unpaired) electrons. The van der Waals surface area contributed by atoms with Crippen LogP contribution in [0.4, 0.5) is 10.5 Å². The first-order chi connectivity index (χ1) is 15.1. The van der Waals surface area contributed by atoms with Gasteiger partial charge in [-0.1, -0.05) is 30.3 Å². The second kappa shape index (κ2) is 9.86. The third-order valence-corrected chi connectivity index (χ3v) is 6.21. The summed E-state index contributed by atoms with van der Waals surface area (Å²) in [5.74, 6) is 1.47. The van der Waals surface area contributed by atoms with Crippen molar-refractivity contribution in [2.75, 3.05) is 44.2 Å². The van der Waals surface area contributed by atoms with Crippen LogP contribution in [0.15, 0.2) is 54.6 Å². The standard InChI is InChI=1S/C25H31N3O3/c1-2-31-23-10-8-22(9-11-23)28-17-16-27(25(28)30)19-24(29)26-14-12-21(13-15-26)18-20-6-4-3-5-7-20/h3-11,21H,2,12-19H2,1H3. The van der Waals surface area contributed by atoms with Crippen LogP contribution >= 0.6 is 0 Å². The number of carbonyl (C=O) groups is 2. The minimum Gasteiger partial charge on any atom is -0.494 e. The molecular weight excluding hydrogens is 390 g/mol. The molecule has 2 heterocycles. The number of likely N-dealkylation sites (tertiary alicyclic amines) is 1. The summed E-state index contributed by atoms with van der Waals surface area (Å²) in [4.78, 5) is 31.0. The summed E-state index contributed by atoms with van der Waals surface area (Å²) in [6.45, 7) is 5.44. The average Bonchev–Trinajstić information content (AvgIpc) is 3.16.